The highest BCUT2D eigenvalue weighted by molar-refractivity contribution is 14.0. The molecule has 110 valence electrons. The van der Waals surface area contributed by atoms with Gasteiger partial charge in [-0.15, -0.1) is 24.0 Å². The van der Waals surface area contributed by atoms with Gasteiger partial charge in [0.15, 0.2) is 5.96 Å². The van der Waals surface area contributed by atoms with E-state index in [9.17, 15) is 0 Å². The van der Waals surface area contributed by atoms with E-state index < -0.39 is 0 Å². The van der Waals surface area contributed by atoms with Crippen molar-refractivity contribution in [2.75, 3.05) is 6.54 Å². The summed E-state index contributed by atoms with van der Waals surface area (Å²) in [7, 11) is 0. The van der Waals surface area contributed by atoms with Gasteiger partial charge in [-0.3, -0.25) is 5.10 Å². The molecule has 0 bridgehead atoms. The Balaban J connectivity index is 0.00000324. The molecule has 5 nitrogen and oxygen atoms in total. The number of aryl methyl sites for hydroxylation is 1. The zero-order chi connectivity index (χ0) is 13.5. The van der Waals surface area contributed by atoms with E-state index in [1.54, 1.807) is 0 Å². The van der Waals surface area contributed by atoms with E-state index in [0.717, 1.165) is 23.8 Å². The summed E-state index contributed by atoms with van der Waals surface area (Å²) in [5.41, 5.74) is 2.20. The third-order valence-electron chi connectivity index (χ3n) is 3.05. The number of H-pyrrole nitrogens is 1. The van der Waals surface area contributed by atoms with E-state index in [0.29, 0.717) is 18.5 Å². The number of aliphatic imine (C=N–C) groups is 1. The largest absolute Gasteiger partial charge is 0.357 e. The number of guanidine groups is 1. The summed E-state index contributed by atoms with van der Waals surface area (Å²) in [5.74, 6) is 1.43. The van der Waals surface area contributed by atoms with Crippen LogP contribution in [0, 0.1) is 12.8 Å². The maximum atomic E-state index is 4.57. The summed E-state index contributed by atoms with van der Waals surface area (Å²) in [4.78, 5) is 4.57. The third kappa shape index (κ3) is 6.26. The van der Waals surface area contributed by atoms with Crippen molar-refractivity contribution >= 4 is 29.9 Å². The van der Waals surface area contributed by atoms with Crippen LogP contribution in [0.2, 0.25) is 0 Å². The number of hydrogen-bond acceptors (Lipinski definition) is 2. The van der Waals surface area contributed by atoms with E-state index in [1.165, 1.54) is 0 Å². The van der Waals surface area contributed by atoms with Crippen LogP contribution in [-0.4, -0.2) is 28.7 Å². The van der Waals surface area contributed by atoms with Gasteiger partial charge in [-0.05, 0) is 26.7 Å². The van der Waals surface area contributed by atoms with Crippen LogP contribution in [-0.2, 0) is 6.54 Å². The topological polar surface area (TPSA) is 65.1 Å². The Kier molecular flexibility index (Phi) is 8.79. The first kappa shape index (κ1) is 18.2. The fourth-order valence-electron chi connectivity index (χ4n) is 1.40. The minimum Gasteiger partial charge on any atom is -0.357 e. The zero-order valence-electron chi connectivity index (χ0n) is 12.4. The highest BCUT2D eigenvalue weighted by atomic mass is 127. The molecular weight excluding hydrogens is 353 g/mol. The van der Waals surface area contributed by atoms with Crippen LogP contribution in [0.3, 0.4) is 0 Å². The van der Waals surface area contributed by atoms with Gasteiger partial charge in [0.05, 0.1) is 12.7 Å². The number of hydrogen-bond donors (Lipinski definition) is 3. The highest BCUT2D eigenvalue weighted by Gasteiger charge is 2.09. The summed E-state index contributed by atoms with van der Waals surface area (Å²) in [6, 6.07) is 0.397. The molecule has 0 aliphatic rings. The van der Waals surface area contributed by atoms with Gasteiger partial charge in [-0.2, -0.15) is 5.10 Å². The van der Waals surface area contributed by atoms with E-state index in [1.807, 2.05) is 13.1 Å². The minimum atomic E-state index is 0. The minimum absolute atomic E-state index is 0. The maximum Gasteiger partial charge on any atom is 0.191 e. The molecular formula is C13H26IN5. The molecule has 0 aromatic carbocycles. The van der Waals surface area contributed by atoms with Gasteiger partial charge in [0.25, 0.3) is 0 Å². The Morgan fingerprint density at radius 2 is 2.11 bits per heavy atom. The van der Waals surface area contributed by atoms with Crippen LogP contribution in [0.15, 0.2) is 11.2 Å². The molecule has 0 fully saturated rings. The van der Waals surface area contributed by atoms with Crippen LogP contribution >= 0.6 is 24.0 Å². The van der Waals surface area contributed by atoms with E-state index in [2.05, 4.69) is 53.5 Å². The Morgan fingerprint density at radius 1 is 1.42 bits per heavy atom. The molecule has 0 saturated heterocycles. The van der Waals surface area contributed by atoms with E-state index >= 15 is 0 Å². The van der Waals surface area contributed by atoms with Gasteiger partial charge in [-0.25, -0.2) is 4.99 Å². The van der Waals surface area contributed by atoms with Crippen LogP contribution in [0.5, 0.6) is 0 Å². The second-order valence-corrected chi connectivity index (χ2v) is 4.89. The van der Waals surface area contributed by atoms with Crippen LogP contribution in [0.1, 0.15) is 39.0 Å². The van der Waals surface area contributed by atoms with Crippen molar-refractivity contribution in [2.24, 2.45) is 10.9 Å². The zero-order valence-corrected chi connectivity index (χ0v) is 14.8. The number of aromatic amines is 1. The monoisotopic (exact) mass is 379 g/mol. The second kappa shape index (κ2) is 9.17. The molecule has 0 aliphatic heterocycles. The Bertz CT molecular complexity index is 386. The van der Waals surface area contributed by atoms with E-state index in [-0.39, 0.29) is 24.0 Å². The lowest BCUT2D eigenvalue weighted by molar-refractivity contribution is 0.481. The average molecular weight is 379 g/mol. The molecule has 1 aromatic heterocycles. The normalized spacial score (nSPS) is 13.1. The molecule has 1 atom stereocenters. The lowest BCUT2D eigenvalue weighted by Crippen LogP contribution is -2.44. The standard InChI is InChI=1S/C13H25N5.HI/c1-6-14-13(17-10(4)9(2)3)15-7-12-8-16-18-11(12)5;/h8-10H,6-7H2,1-5H3,(H,16,18)(H2,14,15,17);1H. The van der Waals surface area contributed by atoms with Gasteiger partial charge in [0.1, 0.15) is 0 Å². The van der Waals surface area contributed by atoms with Crippen molar-refractivity contribution in [1.29, 1.82) is 0 Å². The lowest BCUT2D eigenvalue weighted by Gasteiger charge is -2.20. The fourth-order valence-corrected chi connectivity index (χ4v) is 1.40. The molecule has 1 unspecified atom stereocenters. The molecule has 0 spiro atoms. The van der Waals surface area contributed by atoms with Crippen molar-refractivity contribution in [3.05, 3.63) is 17.5 Å². The number of nitrogens with one attached hydrogen (secondary N) is 3. The highest BCUT2D eigenvalue weighted by Crippen LogP contribution is 2.04. The van der Waals surface area contributed by atoms with Gasteiger partial charge in [0, 0.05) is 23.8 Å². The summed E-state index contributed by atoms with van der Waals surface area (Å²) in [6.07, 6.45) is 1.83. The average Bonchev–Trinajstić information content (AvgIpc) is 2.72. The van der Waals surface area contributed by atoms with Crippen molar-refractivity contribution in [1.82, 2.24) is 20.8 Å². The first-order valence-corrected chi connectivity index (χ1v) is 6.58. The Labute approximate surface area is 133 Å². The predicted molar refractivity (Wildman–Crippen MR) is 91.0 cm³/mol. The van der Waals surface area contributed by atoms with Crippen LogP contribution in [0.4, 0.5) is 0 Å². The number of halogens is 1. The van der Waals surface area contributed by atoms with Crippen molar-refractivity contribution in [3.63, 3.8) is 0 Å². The molecule has 0 saturated carbocycles. The summed E-state index contributed by atoms with van der Waals surface area (Å²) >= 11 is 0. The maximum absolute atomic E-state index is 4.57. The van der Waals surface area contributed by atoms with Crippen LogP contribution < -0.4 is 10.6 Å². The molecule has 6 heteroatoms. The quantitative estimate of drug-likeness (QED) is 0.418. The molecule has 0 aliphatic carbocycles. The first-order valence-electron chi connectivity index (χ1n) is 6.58. The molecule has 0 amide bonds. The third-order valence-corrected chi connectivity index (χ3v) is 3.05. The number of rotatable bonds is 5. The Hall–Kier alpha value is -0.790. The van der Waals surface area contributed by atoms with Crippen molar-refractivity contribution in [2.45, 2.75) is 47.2 Å². The Morgan fingerprint density at radius 3 is 2.58 bits per heavy atom. The first-order chi connectivity index (χ1) is 8.54. The number of aromatic nitrogens is 2. The summed E-state index contributed by atoms with van der Waals surface area (Å²) in [5, 5.41) is 13.6. The van der Waals surface area contributed by atoms with Gasteiger partial charge in [0.2, 0.25) is 0 Å². The van der Waals surface area contributed by atoms with Gasteiger partial charge in [-0.1, -0.05) is 13.8 Å². The van der Waals surface area contributed by atoms with Crippen molar-refractivity contribution < 1.29 is 0 Å². The lowest BCUT2D eigenvalue weighted by atomic mass is 10.1. The molecule has 19 heavy (non-hydrogen) atoms. The molecule has 1 aromatic rings. The SMILES string of the molecule is CCNC(=NCc1cn[nH]c1C)NC(C)C(C)C.I. The summed E-state index contributed by atoms with van der Waals surface area (Å²) in [6.45, 7) is 12.1. The smallest absolute Gasteiger partial charge is 0.191 e. The fraction of sp³-hybridized carbons (Fsp3) is 0.692. The van der Waals surface area contributed by atoms with Crippen molar-refractivity contribution in [3.8, 4) is 0 Å². The number of nitrogens with zero attached hydrogens (tertiary/aromatic N) is 2. The van der Waals surface area contributed by atoms with Crippen LogP contribution in [0.25, 0.3) is 0 Å². The summed E-state index contributed by atoms with van der Waals surface area (Å²) < 4.78 is 0. The molecule has 0 radical (unpaired) electrons. The second-order valence-electron chi connectivity index (χ2n) is 4.89. The molecule has 1 heterocycles. The van der Waals surface area contributed by atoms with Gasteiger partial charge < -0.3 is 10.6 Å². The predicted octanol–water partition coefficient (Wildman–Crippen LogP) is 2.44. The molecule has 1 rings (SSSR count). The van der Waals surface area contributed by atoms with Gasteiger partial charge >= 0.3 is 0 Å². The molecule has 3 N–H and O–H groups in total. The van der Waals surface area contributed by atoms with E-state index in [4.69, 9.17) is 0 Å².